The van der Waals surface area contributed by atoms with E-state index in [1.807, 2.05) is 47.2 Å². The van der Waals surface area contributed by atoms with Crippen LogP contribution in [0.25, 0.3) is 10.2 Å². The molecule has 5 rings (SSSR count). The molecular weight excluding hydrogens is 428 g/mol. The minimum atomic E-state index is -0.743. The number of para-hydroxylation sites is 3. The molecule has 1 amide bonds. The van der Waals surface area contributed by atoms with Gasteiger partial charge in [-0.1, -0.05) is 29.5 Å². The van der Waals surface area contributed by atoms with Gasteiger partial charge in [0, 0.05) is 25.5 Å². The quantitative estimate of drug-likeness (QED) is 0.427. The number of rotatable bonds is 7. The van der Waals surface area contributed by atoms with Crippen molar-refractivity contribution in [1.82, 2.24) is 14.5 Å². The lowest BCUT2D eigenvalue weighted by atomic mass is 10.2. The number of imidazole rings is 1. The summed E-state index contributed by atoms with van der Waals surface area (Å²) in [7, 11) is 1.62. The highest BCUT2D eigenvalue weighted by atomic mass is 32.1. The van der Waals surface area contributed by atoms with E-state index in [0.29, 0.717) is 28.9 Å². The Hall–Kier alpha value is -3.59. The number of hydrogen-bond acceptors (Lipinski definition) is 7. The van der Waals surface area contributed by atoms with Gasteiger partial charge in [-0.15, -0.1) is 0 Å². The van der Waals surface area contributed by atoms with Crippen molar-refractivity contribution in [1.29, 1.82) is 0 Å². The van der Waals surface area contributed by atoms with E-state index >= 15 is 0 Å². The molecule has 1 unspecified atom stereocenters. The monoisotopic (exact) mass is 450 g/mol. The number of aromatic nitrogens is 3. The van der Waals surface area contributed by atoms with Gasteiger partial charge in [0.15, 0.2) is 16.6 Å². The lowest BCUT2D eigenvalue weighted by Gasteiger charge is -2.29. The molecular formula is C23H22N4O4S. The van der Waals surface area contributed by atoms with E-state index in [0.717, 1.165) is 23.2 Å². The van der Waals surface area contributed by atoms with Crippen LogP contribution in [-0.2, 0) is 11.3 Å². The second-order valence-corrected chi connectivity index (χ2v) is 8.32. The van der Waals surface area contributed by atoms with Crippen LogP contribution in [0.2, 0.25) is 0 Å². The van der Waals surface area contributed by atoms with Gasteiger partial charge in [0.1, 0.15) is 17.9 Å². The summed E-state index contributed by atoms with van der Waals surface area (Å²) in [6.45, 7) is 1.38. The molecule has 0 saturated heterocycles. The molecule has 4 aromatic rings. The average molecular weight is 451 g/mol. The first-order valence-electron chi connectivity index (χ1n) is 10.3. The van der Waals surface area contributed by atoms with Gasteiger partial charge in [-0.05, 0) is 30.7 Å². The highest BCUT2D eigenvalue weighted by Gasteiger charge is 2.33. The Morgan fingerprint density at radius 2 is 2.12 bits per heavy atom. The predicted octanol–water partition coefficient (Wildman–Crippen LogP) is 3.76. The number of ether oxygens (including phenoxy) is 3. The third-order valence-electron chi connectivity index (χ3n) is 5.23. The highest BCUT2D eigenvalue weighted by Crippen LogP contribution is 2.36. The Morgan fingerprint density at radius 1 is 1.25 bits per heavy atom. The Kier molecular flexibility index (Phi) is 5.64. The van der Waals surface area contributed by atoms with Crippen LogP contribution in [-0.4, -0.2) is 46.8 Å². The predicted molar refractivity (Wildman–Crippen MR) is 122 cm³/mol. The molecule has 0 radical (unpaired) electrons. The third kappa shape index (κ3) is 3.99. The van der Waals surface area contributed by atoms with Gasteiger partial charge in [-0.25, -0.2) is 9.97 Å². The number of nitrogens with zero attached hydrogens (tertiary/aromatic N) is 4. The van der Waals surface area contributed by atoms with Gasteiger partial charge >= 0.3 is 0 Å². The fourth-order valence-corrected chi connectivity index (χ4v) is 4.65. The maximum atomic E-state index is 13.6. The van der Waals surface area contributed by atoms with E-state index in [4.69, 9.17) is 19.2 Å². The number of carbonyl (C=O) groups excluding carboxylic acids is 1. The molecule has 2 aromatic carbocycles. The normalized spacial score (nSPS) is 15.0. The van der Waals surface area contributed by atoms with Gasteiger partial charge in [-0.2, -0.15) is 0 Å². The van der Waals surface area contributed by atoms with E-state index in [-0.39, 0.29) is 12.5 Å². The van der Waals surface area contributed by atoms with Gasteiger partial charge < -0.3 is 18.8 Å². The first-order chi connectivity index (χ1) is 15.7. The summed E-state index contributed by atoms with van der Waals surface area (Å²) in [6.07, 6.45) is 5.41. The number of amides is 1. The summed E-state index contributed by atoms with van der Waals surface area (Å²) in [5.74, 6) is 1.72. The van der Waals surface area contributed by atoms with Crippen molar-refractivity contribution in [2.45, 2.75) is 19.1 Å². The molecule has 1 aliphatic heterocycles. The van der Waals surface area contributed by atoms with Crippen molar-refractivity contribution >= 4 is 32.6 Å². The van der Waals surface area contributed by atoms with Gasteiger partial charge in [-0.3, -0.25) is 9.69 Å². The number of methoxy groups -OCH3 is 1. The molecule has 9 heteroatoms. The third-order valence-corrected chi connectivity index (χ3v) is 6.27. The fourth-order valence-electron chi connectivity index (χ4n) is 3.64. The van der Waals surface area contributed by atoms with E-state index < -0.39 is 6.10 Å². The zero-order chi connectivity index (χ0) is 21.9. The lowest BCUT2D eigenvalue weighted by molar-refractivity contribution is -0.127. The Morgan fingerprint density at radius 3 is 2.94 bits per heavy atom. The molecule has 1 atom stereocenters. The summed E-state index contributed by atoms with van der Waals surface area (Å²) in [4.78, 5) is 24.1. The van der Waals surface area contributed by atoms with Gasteiger partial charge in [0.25, 0.3) is 5.91 Å². The van der Waals surface area contributed by atoms with E-state index in [9.17, 15) is 4.79 Å². The van der Waals surface area contributed by atoms with Crippen LogP contribution in [0.4, 0.5) is 5.13 Å². The molecule has 0 saturated carbocycles. The number of aryl methyl sites for hydroxylation is 1. The van der Waals surface area contributed by atoms with Gasteiger partial charge in [0.2, 0.25) is 6.10 Å². The van der Waals surface area contributed by atoms with E-state index in [1.54, 1.807) is 30.6 Å². The second kappa shape index (κ2) is 8.88. The minimum Gasteiger partial charge on any atom is -0.494 e. The average Bonchev–Trinajstić information content (AvgIpc) is 3.50. The van der Waals surface area contributed by atoms with Gasteiger partial charge in [0.05, 0.1) is 18.1 Å². The fraction of sp³-hybridized carbons (Fsp3) is 0.261. The molecule has 0 N–H and O–H groups in total. The maximum Gasteiger partial charge on any atom is 0.273 e. The highest BCUT2D eigenvalue weighted by molar-refractivity contribution is 7.22. The van der Waals surface area contributed by atoms with Crippen LogP contribution in [0.5, 0.6) is 17.2 Å². The first kappa shape index (κ1) is 20.3. The maximum absolute atomic E-state index is 13.6. The van der Waals surface area contributed by atoms with Crippen LogP contribution in [0.3, 0.4) is 0 Å². The van der Waals surface area contributed by atoms with E-state index in [1.165, 1.54) is 11.3 Å². The van der Waals surface area contributed by atoms with Crippen molar-refractivity contribution in [3.05, 3.63) is 61.2 Å². The first-order valence-corrected chi connectivity index (χ1v) is 11.1. The topological polar surface area (TPSA) is 78.7 Å². The van der Waals surface area contributed by atoms with Crippen molar-refractivity contribution in [3.8, 4) is 17.2 Å². The summed E-state index contributed by atoms with van der Waals surface area (Å²) in [5, 5.41) is 0.614. The number of benzene rings is 2. The SMILES string of the molecule is COc1cccc2sc(N(CCCn3ccnc3)C(=O)C3COc4ccccc4O3)nc12. The number of fused-ring (bicyclic) bond motifs is 2. The number of anilines is 1. The molecule has 0 spiro atoms. The molecule has 0 fully saturated rings. The van der Waals surface area contributed by atoms with Crippen LogP contribution >= 0.6 is 11.3 Å². The van der Waals surface area contributed by atoms with E-state index in [2.05, 4.69) is 4.98 Å². The van der Waals surface area contributed by atoms with Crippen LogP contribution in [0, 0.1) is 0 Å². The lowest BCUT2D eigenvalue weighted by Crippen LogP contribution is -2.47. The standard InChI is InChI=1S/C23H22N4O4S/c1-29-18-8-4-9-20-21(18)25-23(32-20)27(12-5-11-26-13-10-24-15-26)22(28)19-14-30-16-6-2-3-7-17(16)31-19/h2-4,6-10,13,15,19H,5,11-12,14H2,1H3. The van der Waals surface area contributed by atoms with Crippen LogP contribution in [0.15, 0.2) is 61.2 Å². The zero-order valence-electron chi connectivity index (χ0n) is 17.5. The minimum absolute atomic E-state index is 0.155. The van der Waals surface area contributed by atoms with Crippen molar-refractivity contribution in [3.63, 3.8) is 0 Å². The number of hydrogen-bond donors (Lipinski definition) is 0. The van der Waals surface area contributed by atoms with Crippen molar-refractivity contribution in [2.24, 2.45) is 0 Å². The molecule has 8 nitrogen and oxygen atoms in total. The molecule has 164 valence electrons. The number of carbonyl (C=O) groups is 1. The Balaban J connectivity index is 1.42. The molecule has 32 heavy (non-hydrogen) atoms. The molecule has 3 heterocycles. The Bertz CT molecular complexity index is 1220. The second-order valence-electron chi connectivity index (χ2n) is 7.31. The molecule has 1 aliphatic rings. The van der Waals surface area contributed by atoms with Crippen LogP contribution in [0.1, 0.15) is 6.42 Å². The molecule has 2 aromatic heterocycles. The summed E-state index contributed by atoms with van der Waals surface area (Å²) < 4.78 is 20.2. The summed E-state index contributed by atoms with van der Waals surface area (Å²) in [6, 6.07) is 13.1. The molecule has 0 bridgehead atoms. The Labute approximate surface area is 189 Å². The van der Waals surface area contributed by atoms with Crippen molar-refractivity contribution in [2.75, 3.05) is 25.2 Å². The smallest absolute Gasteiger partial charge is 0.273 e. The van der Waals surface area contributed by atoms with Crippen molar-refractivity contribution < 1.29 is 19.0 Å². The largest absolute Gasteiger partial charge is 0.494 e. The molecule has 0 aliphatic carbocycles. The zero-order valence-corrected chi connectivity index (χ0v) is 18.3. The summed E-state index contributed by atoms with van der Waals surface area (Å²) in [5.41, 5.74) is 0.744. The van der Waals surface area contributed by atoms with Crippen LogP contribution < -0.4 is 19.1 Å². The summed E-state index contributed by atoms with van der Waals surface area (Å²) >= 11 is 1.46. The number of thiazole rings is 1.